The molecule has 102 valence electrons. The lowest BCUT2D eigenvalue weighted by molar-refractivity contribution is 0.214. The summed E-state index contributed by atoms with van der Waals surface area (Å²) in [6, 6.07) is 0.588. The highest BCUT2D eigenvalue weighted by Gasteiger charge is 2.27. The van der Waals surface area contributed by atoms with Gasteiger partial charge in [0.2, 0.25) is 5.13 Å². The maximum Gasteiger partial charge on any atom is 0.205 e. The van der Waals surface area contributed by atoms with Crippen molar-refractivity contribution in [1.82, 2.24) is 10.2 Å². The van der Waals surface area contributed by atoms with Crippen molar-refractivity contribution in [2.24, 2.45) is 11.3 Å². The Labute approximate surface area is 114 Å². The van der Waals surface area contributed by atoms with E-state index in [2.05, 4.69) is 36.3 Å². The first-order valence-electron chi connectivity index (χ1n) is 7.02. The van der Waals surface area contributed by atoms with Crippen LogP contribution in [0.1, 0.15) is 57.9 Å². The van der Waals surface area contributed by atoms with Gasteiger partial charge in [0.05, 0.1) is 0 Å². The molecule has 2 rings (SSSR count). The minimum atomic E-state index is 0.453. The van der Waals surface area contributed by atoms with Gasteiger partial charge in [0.25, 0.3) is 0 Å². The lowest BCUT2D eigenvalue weighted by atomic mass is 9.76. The lowest BCUT2D eigenvalue weighted by Gasteiger charge is -2.29. The zero-order valence-corrected chi connectivity index (χ0v) is 12.8. The van der Waals surface area contributed by atoms with Crippen molar-refractivity contribution >= 4 is 16.5 Å². The second-order valence-corrected chi connectivity index (χ2v) is 7.72. The van der Waals surface area contributed by atoms with Crippen LogP contribution in [0.3, 0.4) is 0 Å². The monoisotopic (exact) mass is 267 g/mol. The molecule has 0 aromatic carbocycles. The molecule has 1 aliphatic carbocycles. The van der Waals surface area contributed by atoms with Gasteiger partial charge in [-0.3, -0.25) is 0 Å². The second-order valence-electron chi connectivity index (χ2n) is 6.54. The van der Waals surface area contributed by atoms with Crippen LogP contribution in [0, 0.1) is 18.3 Å². The molecule has 2 atom stereocenters. The lowest BCUT2D eigenvalue weighted by Crippen LogP contribution is -2.21. The van der Waals surface area contributed by atoms with Gasteiger partial charge in [-0.1, -0.05) is 38.5 Å². The van der Waals surface area contributed by atoms with E-state index < -0.39 is 0 Å². The Bertz CT molecular complexity index is 381. The minimum absolute atomic E-state index is 0.453. The van der Waals surface area contributed by atoms with Crippen LogP contribution in [-0.4, -0.2) is 16.2 Å². The third-order valence-electron chi connectivity index (χ3n) is 4.05. The first kappa shape index (κ1) is 13.8. The SMILES string of the molecule is Cc1nnc(NC2CCCC(C(C)(C)C)CC2)s1. The number of nitrogens with one attached hydrogen (secondary N) is 1. The quantitative estimate of drug-likeness (QED) is 0.814. The van der Waals surface area contributed by atoms with E-state index in [-0.39, 0.29) is 0 Å². The molecule has 18 heavy (non-hydrogen) atoms. The highest BCUT2D eigenvalue weighted by atomic mass is 32.1. The average Bonchev–Trinajstić information content (AvgIpc) is 2.53. The summed E-state index contributed by atoms with van der Waals surface area (Å²) in [5, 5.41) is 13.8. The van der Waals surface area contributed by atoms with E-state index in [1.807, 2.05) is 6.92 Å². The predicted octanol–water partition coefficient (Wildman–Crippen LogP) is 4.25. The Morgan fingerprint density at radius 1 is 1.11 bits per heavy atom. The Morgan fingerprint density at radius 3 is 2.50 bits per heavy atom. The summed E-state index contributed by atoms with van der Waals surface area (Å²) in [7, 11) is 0. The van der Waals surface area contributed by atoms with Crippen LogP contribution in [0.25, 0.3) is 0 Å². The normalized spacial score (nSPS) is 25.8. The molecule has 0 spiro atoms. The zero-order chi connectivity index (χ0) is 13.2. The molecular weight excluding hydrogens is 242 g/mol. The molecule has 1 aliphatic rings. The zero-order valence-electron chi connectivity index (χ0n) is 12.0. The van der Waals surface area contributed by atoms with Gasteiger partial charge in [-0.15, -0.1) is 10.2 Å². The summed E-state index contributed by atoms with van der Waals surface area (Å²) in [5.41, 5.74) is 0.453. The van der Waals surface area contributed by atoms with Gasteiger partial charge >= 0.3 is 0 Å². The standard InChI is InChI=1S/C14H25N3S/c1-10-16-17-13(18-10)15-12-7-5-6-11(8-9-12)14(2,3)4/h11-12H,5-9H2,1-4H3,(H,15,17). The molecule has 3 nitrogen and oxygen atoms in total. The van der Waals surface area contributed by atoms with Crippen LogP contribution >= 0.6 is 11.3 Å². The van der Waals surface area contributed by atoms with Crippen molar-refractivity contribution < 1.29 is 0 Å². The number of hydrogen-bond acceptors (Lipinski definition) is 4. The Hall–Kier alpha value is -0.640. The van der Waals surface area contributed by atoms with Gasteiger partial charge in [-0.05, 0) is 43.9 Å². The molecule has 1 aromatic heterocycles. The first-order valence-corrected chi connectivity index (χ1v) is 7.83. The van der Waals surface area contributed by atoms with Gasteiger partial charge in [0.15, 0.2) is 0 Å². The van der Waals surface area contributed by atoms with Crippen LogP contribution < -0.4 is 5.32 Å². The number of nitrogens with zero attached hydrogens (tertiary/aromatic N) is 2. The predicted molar refractivity (Wildman–Crippen MR) is 78.1 cm³/mol. The van der Waals surface area contributed by atoms with E-state index in [9.17, 15) is 0 Å². The molecular formula is C14H25N3S. The molecule has 2 unspecified atom stereocenters. The maximum atomic E-state index is 4.17. The molecule has 1 saturated carbocycles. The molecule has 0 aliphatic heterocycles. The highest BCUT2D eigenvalue weighted by Crippen LogP contribution is 2.37. The smallest absolute Gasteiger partial charge is 0.205 e. The molecule has 4 heteroatoms. The van der Waals surface area contributed by atoms with Crippen molar-refractivity contribution in [3.63, 3.8) is 0 Å². The number of rotatable bonds is 2. The Balaban J connectivity index is 1.89. The molecule has 0 saturated heterocycles. The fourth-order valence-corrected chi connectivity index (χ4v) is 3.51. The van der Waals surface area contributed by atoms with Crippen LogP contribution in [0.2, 0.25) is 0 Å². The molecule has 1 N–H and O–H groups in total. The maximum absolute atomic E-state index is 4.17. The van der Waals surface area contributed by atoms with E-state index in [0.29, 0.717) is 11.5 Å². The fourth-order valence-electron chi connectivity index (χ4n) is 2.84. The van der Waals surface area contributed by atoms with Crippen molar-refractivity contribution in [1.29, 1.82) is 0 Å². The third-order valence-corrected chi connectivity index (χ3v) is 4.82. The van der Waals surface area contributed by atoms with Gasteiger partial charge in [0, 0.05) is 6.04 Å². The summed E-state index contributed by atoms with van der Waals surface area (Å²) in [6.07, 6.45) is 6.57. The van der Waals surface area contributed by atoms with Crippen LogP contribution in [0.5, 0.6) is 0 Å². The van der Waals surface area contributed by atoms with E-state index in [1.54, 1.807) is 11.3 Å². The van der Waals surface area contributed by atoms with Crippen LogP contribution in [-0.2, 0) is 0 Å². The minimum Gasteiger partial charge on any atom is -0.357 e. The van der Waals surface area contributed by atoms with Crippen molar-refractivity contribution in [3.8, 4) is 0 Å². The second kappa shape index (κ2) is 5.55. The molecule has 0 radical (unpaired) electrons. The topological polar surface area (TPSA) is 37.8 Å². The van der Waals surface area contributed by atoms with Crippen molar-refractivity contribution in [2.45, 2.75) is 65.8 Å². The van der Waals surface area contributed by atoms with Gasteiger partial charge in [0.1, 0.15) is 5.01 Å². The van der Waals surface area contributed by atoms with Gasteiger partial charge in [-0.25, -0.2) is 0 Å². The summed E-state index contributed by atoms with van der Waals surface area (Å²) < 4.78 is 0. The summed E-state index contributed by atoms with van der Waals surface area (Å²) in [5.74, 6) is 0.862. The van der Waals surface area contributed by atoms with Crippen LogP contribution in [0.4, 0.5) is 5.13 Å². The van der Waals surface area contributed by atoms with Gasteiger partial charge in [-0.2, -0.15) is 0 Å². The number of anilines is 1. The van der Waals surface area contributed by atoms with E-state index in [1.165, 1.54) is 32.1 Å². The first-order chi connectivity index (χ1) is 8.45. The van der Waals surface area contributed by atoms with E-state index in [4.69, 9.17) is 0 Å². The number of aryl methyl sites for hydroxylation is 1. The fraction of sp³-hybridized carbons (Fsp3) is 0.857. The van der Waals surface area contributed by atoms with Crippen molar-refractivity contribution in [3.05, 3.63) is 5.01 Å². The van der Waals surface area contributed by atoms with E-state index >= 15 is 0 Å². The molecule has 0 bridgehead atoms. The Kier molecular flexibility index (Phi) is 4.25. The summed E-state index contributed by atoms with van der Waals surface area (Å²) in [4.78, 5) is 0. The number of aromatic nitrogens is 2. The summed E-state index contributed by atoms with van der Waals surface area (Å²) in [6.45, 7) is 9.13. The molecule has 1 fully saturated rings. The van der Waals surface area contributed by atoms with Crippen molar-refractivity contribution in [2.75, 3.05) is 5.32 Å². The van der Waals surface area contributed by atoms with Crippen LogP contribution in [0.15, 0.2) is 0 Å². The molecule has 1 heterocycles. The third kappa shape index (κ3) is 3.67. The van der Waals surface area contributed by atoms with E-state index in [0.717, 1.165) is 16.1 Å². The summed E-state index contributed by atoms with van der Waals surface area (Å²) >= 11 is 1.66. The Morgan fingerprint density at radius 2 is 1.89 bits per heavy atom. The van der Waals surface area contributed by atoms with Gasteiger partial charge < -0.3 is 5.32 Å². The largest absolute Gasteiger partial charge is 0.357 e. The average molecular weight is 267 g/mol. The number of hydrogen-bond donors (Lipinski definition) is 1. The highest BCUT2D eigenvalue weighted by molar-refractivity contribution is 7.15. The molecule has 0 amide bonds. The molecule has 1 aromatic rings.